The van der Waals surface area contributed by atoms with Gasteiger partial charge in [0.2, 0.25) is 0 Å². The molecule has 0 fully saturated rings. The second-order valence-corrected chi connectivity index (χ2v) is 8.23. The Morgan fingerprint density at radius 2 is 0.926 bits per heavy atom. The van der Waals surface area contributed by atoms with E-state index in [0.29, 0.717) is 0 Å². The molecule has 0 nitrogen and oxygen atoms in total. The molecular weight excluding hydrogens is 324 g/mol. The molecule has 0 radical (unpaired) electrons. The first-order chi connectivity index (χ1) is 12.8. The number of hydrogen-bond donors (Lipinski definition) is 0. The zero-order chi connectivity index (χ0) is 19.3. The van der Waals surface area contributed by atoms with Crippen LogP contribution in [0.5, 0.6) is 0 Å². The van der Waals surface area contributed by atoms with Crippen molar-refractivity contribution in [3.8, 4) is 0 Å². The van der Waals surface area contributed by atoms with Gasteiger partial charge in [-0.2, -0.15) is 0 Å². The van der Waals surface area contributed by atoms with Gasteiger partial charge in [0.15, 0.2) is 0 Å². The molecule has 4 aromatic carbocycles. The molecule has 0 atom stereocenters. The summed E-state index contributed by atoms with van der Waals surface area (Å²) in [4.78, 5) is 0. The quantitative estimate of drug-likeness (QED) is 0.352. The molecule has 136 valence electrons. The van der Waals surface area contributed by atoms with E-state index in [4.69, 9.17) is 0 Å². The third kappa shape index (κ3) is 3.04. The van der Waals surface area contributed by atoms with Crippen LogP contribution in [0.1, 0.15) is 44.5 Å². The Kier molecular flexibility index (Phi) is 4.30. The Bertz CT molecular complexity index is 1180. The van der Waals surface area contributed by atoms with Crippen LogP contribution in [-0.4, -0.2) is 0 Å². The third-order valence-electron chi connectivity index (χ3n) is 6.16. The fourth-order valence-electron chi connectivity index (χ4n) is 4.41. The number of fused-ring (bicyclic) bond motifs is 2. The highest BCUT2D eigenvalue weighted by molar-refractivity contribution is 5.94. The van der Waals surface area contributed by atoms with Crippen molar-refractivity contribution in [2.24, 2.45) is 0 Å². The predicted octanol–water partition coefficient (Wildman–Crippen LogP) is 7.43. The molecule has 0 bridgehead atoms. The van der Waals surface area contributed by atoms with Crippen LogP contribution in [0.4, 0.5) is 0 Å². The Morgan fingerprint density at radius 1 is 0.444 bits per heavy atom. The second-order valence-electron chi connectivity index (χ2n) is 8.23. The van der Waals surface area contributed by atoms with Gasteiger partial charge in [0.05, 0.1) is 0 Å². The second kappa shape index (κ2) is 6.53. The highest BCUT2D eigenvalue weighted by Crippen LogP contribution is 2.32. The predicted molar refractivity (Wildman–Crippen MR) is 119 cm³/mol. The Morgan fingerprint density at radius 3 is 1.56 bits per heavy atom. The summed E-state index contributed by atoms with van der Waals surface area (Å²) in [6.45, 7) is 13.3. The van der Waals surface area contributed by atoms with Gasteiger partial charge in [-0.1, -0.05) is 48.5 Å². The van der Waals surface area contributed by atoms with Gasteiger partial charge < -0.3 is 0 Å². The van der Waals surface area contributed by atoms with Crippen LogP contribution in [0.15, 0.2) is 48.5 Å². The maximum absolute atomic E-state index is 2.40. The van der Waals surface area contributed by atoms with Crippen molar-refractivity contribution in [2.75, 3.05) is 0 Å². The summed E-state index contributed by atoms with van der Waals surface area (Å²) in [5, 5.41) is 5.56. The first-order valence-electron chi connectivity index (χ1n) is 9.84. The van der Waals surface area contributed by atoms with Crippen LogP contribution in [0.25, 0.3) is 21.5 Å². The van der Waals surface area contributed by atoms with Crippen molar-refractivity contribution < 1.29 is 0 Å². The van der Waals surface area contributed by atoms with Gasteiger partial charge in [0, 0.05) is 0 Å². The molecule has 0 heterocycles. The van der Waals surface area contributed by atoms with Gasteiger partial charge in [-0.05, 0) is 114 Å². The van der Waals surface area contributed by atoms with Crippen molar-refractivity contribution >= 4 is 21.5 Å². The largest absolute Gasteiger partial charge is 0.0584 e. The average Bonchev–Trinajstić information content (AvgIpc) is 2.62. The van der Waals surface area contributed by atoms with Gasteiger partial charge in [-0.25, -0.2) is 0 Å². The maximum Gasteiger partial charge on any atom is -0.00167 e. The average molecular weight is 353 g/mol. The molecule has 0 unspecified atom stereocenters. The summed E-state index contributed by atoms with van der Waals surface area (Å²) in [6, 6.07) is 18.5. The van der Waals surface area contributed by atoms with E-state index in [1.54, 1.807) is 0 Å². The fourth-order valence-corrected chi connectivity index (χ4v) is 4.41. The molecule has 4 aromatic rings. The SMILES string of the molecule is Cc1cc2cc(C)c(Cc3ccc(C)c4c(C)ccc(C)c34)cc2cc1C. The van der Waals surface area contributed by atoms with E-state index in [2.05, 4.69) is 90.1 Å². The fraction of sp³-hybridized carbons (Fsp3) is 0.259. The molecule has 0 aliphatic heterocycles. The smallest absolute Gasteiger partial charge is 0.00167 e. The maximum atomic E-state index is 2.40. The lowest BCUT2D eigenvalue weighted by molar-refractivity contribution is 1.17. The molecule has 0 saturated heterocycles. The van der Waals surface area contributed by atoms with E-state index in [1.807, 2.05) is 0 Å². The lowest BCUT2D eigenvalue weighted by Gasteiger charge is -2.16. The monoisotopic (exact) mass is 352 g/mol. The molecule has 4 rings (SSSR count). The molecule has 0 aliphatic carbocycles. The van der Waals surface area contributed by atoms with E-state index >= 15 is 0 Å². The first kappa shape index (κ1) is 17.8. The number of benzene rings is 4. The van der Waals surface area contributed by atoms with Crippen LogP contribution in [0, 0.1) is 41.5 Å². The van der Waals surface area contributed by atoms with Crippen molar-refractivity contribution in [2.45, 2.75) is 48.0 Å². The normalized spacial score (nSPS) is 11.5. The summed E-state index contributed by atoms with van der Waals surface area (Å²) in [7, 11) is 0. The molecule has 0 heteroatoms. The molecule has 27 heavy (non-hydrogen) atoms. The minimum absolute atomic E-state index is 0.982. The van der Waals surface area contributed by atoms with Crippen molar-refractivity contribution in [3.05, 3.63) is 93.0 Å². The van der Waals surface area contributed by atoms with Gasteiger partial charge in [0.1, 0.15) is 0 Å². The molecule has 0 aromatic heterocycles. The van der Waals surface area contributed by atoms with Gasteiger partial charge in [-0.3, -0.25) is 0 Å². The van der Waals surface area contributed by atoms with Crippen LogP contribution < -0.4 is 0 Å². The van der Waals surface area contributed by atoms with E-state index in [1.165, 1.54) is 66.1 Å². The van der Waals surface area contributed by atoms with Gasteiger partial charge in [0.25, 0.3) is 0 Å². The molecular formula is C27H28. The van der Waals surface area contributed by atoms with E-state index < -0.39 is 0 Å². The zero-order valence-electron chi connectivity index (χ0n) is 17.3. The minimum Gasteiger partial charge on any atom is -0.0584 e. The zero-order valence-corrected chi connectivity index (χ0v) is 17.3. The lowest BCUT2D eigenvalue weighted by Crippen LogP contribution is -1.97. The molecule has 0 saturated carbocycles. The van der Waals surface area contributed by atoms with Crippen LogP contribution in [0.2, 0.25) is 0 Å². The standard InChI is InChI=1S/C27H28/c1-16-7-8-18(3)27-22(10-9-17(2)26(16)27)14-23-15-25-12-20(5)19(4)11-24(25)13-21(23)6/h7-13,15H,14H2,1-6H3. The van der Waals surface area contributed by atoms with E-state index in [-0.39, 0.29) is 0 Å². The Labute approximate surface area is 162 Å². The first-order valence-corrected chi connectivity index (χ1v) is 9.84. The topological polar surface area (TPSA) is 0 Å². The highest BCUT2D eigenvalue weighted by atomic mass is 14.2. The Balaban J connectivity index is 1.90. The molecule has 0 amide bonds. The summed E-state index contributed by atoms with van der Waals surface area (Å²) in [6.07, 6.45) is 0.982. The van der Waals surface area contributed by atoms with Crippen molar-refractivity contribution in [1.82, 2.24) is 0 Å². The Hall–Kier alpha value is -2.60. The van der Waals surface area contributed by atoms with Crippen LogP contribution in [0.3, 0.4) is 0 Å². The summed E-state index contributed by atoms with van der Waals surface area (Å²) in [5.74, 6) is 0. The van der Waals surface area contributed by atoms with E-state index in [0.717, 1.165) is 6.42 Å². The highest BCUT2D eigenvalue weighted by Gasteiger charge is 2.11. The van der Waals surface area contributed by atoms with Crippen molar-refractivity contribution in [3.63, 3.8) is 0 Å². The number of rotatable bonds is 2. The third-order valence-corrected chi connectivity index (χ3v) is 6.16. The van der Waals surface area contributed by atoms with E-state index in [9.17, 15) is 0 Å². The number of hydrogen-bond acceptors (Lipinski definition) is 0. The summed E-state index contributed by atoms with van der Waals surface area (Å²) < 4.78 is 0. The van der Waals surface area contributed by atoms with Crippen molar-refractivity contribution in [1.29, 1.82) is 0 Å². The molecule has 0 N–H and O–H groups in total. The van der Waals surface area contributed by atoms with Crippen LogP contribution >= 0.6 is 0 Å². The minimum atomic E-state index is 0.982. The van der Waals surface area contributed by atoms with Gasteiger partial charge in [-0.15, -0.1) is 0 Å². The van der Waals surface area contributed by atoms with Gasteiger partial charge >= 0.3 is 0 Å². The van der Waals surface area contributed by atoms with Crippen LogP contribution in [-0.2, 0) is 6.42 Å². The molecule has 0 spiro atoms. The number of aryl methyl sites for hydroxylation is 6. The molecule has 0 aliphatic rings. The lowest BCUT2D eigenvalue weighted by atomic mass is 9.89. The summed E-state index contributed by atoms with van der Waals surface area (Å²) in [5.41, 5.74) is 11.1. The summed E-state index contributed by atoms with van der Waals surface area (Å²) >= 11 is 0.